The summed E-state index contributed by atoms with van der Waals surface area (Å²) < 4.78 is 0. The first-order valence-corrected chi connectivity index (χ1v) is 6.42. The van der Waals surface area contributed by atoms with Gasteiger partial charge >= 0.3 is 6.03 Å². The van der Waals surface area contributed by atoms with Crippen LogP contribution in [-0.4, -0.2) is 36.1 Å². The number of benzene rings is 1. The lowest BCUT2D eigenvalue weighted by Crippen LogP contribution is -2.60. The average molecular weight is 268 g/mol. The Morgan fingerprint density at radius 1 is 1.50 bits per heavy atom. The smallest absolute Gasteiger partial charge is 0.317 e. The van der Waals surface area contributed by atoms with E-state index in [0.717, 1.165) is 18.8 Å². The average Bonchev–Trinajstić information content (AvgIpc) is 2.28. The summed E-state index contributed by atoms with van der Waals surface area (Å²) in [5.74, 6) is 0. The van der Waals surface area contributed by atoms with Crippen LogP contribution in [0.1, 0.15) is 13.8 Å². The lowest BCUT2D eigenvalue weighted by atomic mass is 10.0. The number of nitrogens with one attached hydrogen (secondary N) is 2. The molecule has 1 aliphatic rings. The summed E-state index contributed by atoms with van der Waals surface area (Å²) >= 11 is 5.90. The summed E-state index contributed by atoms with van der Waals surface area (Å²) in [4.78, 5) is 14.1. The van der Waals surface area contributed by atoms with Crippen LogP contribution < -0.4 is 10.6 Å². The molecule has 0 bridgehead atoms. The Bertz CT molecular complexity index is 448. The maximum atomic E-state index is 12.2. The molecule has 2 amide bonds. The van der Waals surface area contributed by atoms with E-state index in [4.69, 9.17) is 11.6 Å². The van der Waals surface area contributed by atoms with Gasteiger partial charge in [0.2, 0.25) is 0 Å². The number of urea groups is 1. The van der Waals surface area contributed by atoms with Crippen molar-refractivity contribution in [2.75, 3.05) is 25.0 Å². The molecule has 0 aromatic heterocycles. The van der Waals surface area contributed by atoms with E-state index in [0.29, 0.717) is 11.6 Å². The van der Waals surface area contributed by atoms with Crippen LogP contribution in [0.2, 0.25) is 5.02 Å². The van der Waals surface area contributed by atoms with Gasteiger partial charge in [0, 0.05) is 30.3 Å². The Labute approximate surface area is 112 Å². The fraction of sp³-hybridized carbons (Fsp3) is 0.462. The Morgan fingerprint density at radius 2 is 2.28 bits per heavy atom. The largest absolute Gasteiger partial charge is 0.322 e. The van der Waals surface area contributed by atoms with Gasteiger partial charge in [-0.15, -0.1) is 0 Å². The van der Waals surface area contributed by atoms with Gasteiger partial charge in [-0.25, -0.2) is 4.79 Å². The monoisotopic (exact) mass is 267 g/mol. The van der Waals surface area contributed by atoms with Crippen LogP contribution in [0.3, 0.4) is 0 Å². The van der Waals surface area contributed by atoms with Gasteiger partial charge in [-0.05, 0) is 32.0 Å². The standard InChI is InChI=1S/C13H18ClN3O/c1-13(2)9-15-6-7-17(13)12(18)16-11-5-3-4-10(14)8-11/h3-5,8,15H,6-7,9H2,1-2H3,(H,16,18). The molecular weight excluding hydrogens is 250 g/mol. The third-order valence-electron chi connectivity index (χ3n) is 3.12. The molecule has 0 aliphatic carbocycles. The van der Waals surface area contributed by atoms with Gasteiger partial charge in [-0.1, -0.05) is 17.7 Å². The minimum atomic E-state index is -0.180. The summed E-state index contributed by atoms with van der Waals surface area (Å²) in [6, 6.07) is 7.10. The molecule has 18 heavy (non-hydrogen) atoms. The van der Waals surface area contributed by atoms with Crippen LogP contribution in [-0.2, 0) is 0 Å². The molecule has 0 radical (unpaired) electrons. The Hall–Kier alpha value is -1.26. The number of carbonyl (C=O) groups is 1. The van der Waals surface area contributed by atoms with Crippen molar-refractivity contribution in [1.29, 1.82) is 0 Å². The number of hydrogen-bond acceptors (Lipinski definition) is 2. The van der Waals surface area contributed by atoms with Crippen molar-refractivity contribution in [2.24, 2.45) is 0 Å². The van der Waals surface area contributed by atoms with E-state index in [2.05, 4.69) is 24.5 Å². The van der Waals surface area contributed by atoms with Gasteiger partial charge in [0.15, 0.2) is 0 Å². The molecule has 4 nitrogen and oxygen atoms in total. The van der Waals surface area contributed by atoms with Crippen molar-refractivity contribution in [3.8, 4) is 0 Å². The Kier molecular flexibility index (Phi) is 3.78. The number of carbonyl (C=O) groups excluding carboxylic acids is 1. The van der Waals surface area contributed by atoms with Crippen molar-refractivity contribution in [1.82, 2.24) is 10.2 Å². The van der Waals surface area contributed by atoms with Gasteiger partial charge in [0.25, 0.3) is 0 Å². The van der Waals surface area contributed by atoms with E-state index in [9.17, 15) is 4.79 Å². The van der Waals surface area contributed by atoms with Crippen LogP contribution in [0.5, 0.6) is 0 Å². The fourth-order valence-corrected chi connectivity index (χ4v) is 2.31. The molecule has 2 N–H and O–H groups in total. The zero-order chi connectivity index (χ0) is 13.2. The fourth-order valence-electron chi connectivity index (χ4n) is 2.12. The molecule has 0 atom stereocenters. The van der Waals surface area contributed by atoms with E-state index in [-0.39, 0.29) is 11.6 Å². The highest BCUT2D eigenvalue weighted by molar-refractivity contribution is 6.30. The molecule has 1 fully saturated rings. The summed E-state index contributed by atoms with van der Waals surface area (Å²) in [6.07, 6.45) is 0. The lowest BCUT2D eigenvalue weighted by molar-refractivity contribution is 0.123. The molecule has 0 saturated carbocycles. The summed E-state index contributed by atoms with van der Waals surface area (Å²) in [5.41, 5.74) is 0.544. The van der Waals surface area contributed by atoms with Crippen LogP contribution in [0.25, 0.3) is 0 Å². The van der Waals surface area contributed by atoms with E-state index in [1.54, 1.807) is 12.1 Å². The van der Waals surface area contributed by atoms with Crippen molar-refractivity contribution in [3.63, 3.8) is 0 Å². The summed E-state index contributed by atoms with van der Waals surface area (Å²) in [5, 5.41) is 6.79. The highest BCUT2D eigenvalue weighted by Crippen LogP contribution is 2.19. The summed E-state index contributed by atoms with van der Waals surface area (Å²) in [6.45, 7) is 6.44. The molecule has 98 valence electrons. The van der Waals surface area contributed by atoms with Crippen LogP contribution >= 0.6 is 11.6 Å². The van der Waals surface area contributed by atoms with E-state index in [1.165, 1.54) is 0 Å². The molecule has 1 saturated heterocycles. The third kappa shape index (κ3) is 2.94. The highest BCUT2D eigenvalue weighted by Gasteiger charge is 2.33. The number of anilines is 1. The van der Waals surface area contributed by atoms with E-state index < -0.39 is 0 Å². The zero-order valence-electron chi connectivity index (χ0n) is 10.7. The number of nitrogens with zero attached hydrogens (tertiary/aromatic N) is 1. The number of piperazine rings is 1. The first kappa shape index (κ1) is 13.2. The minimum absolute atomic E-state index is 0.0798. The lowest BCUT2D eigenvalue weighted by Gasteiger charge is -2.42. The second kappa shape index (κ2) is 5.16. The predicted molar refractivity (Wildman–Crippen MR) is 74.1 cm³/mol. The molecule has 0 unspecified atom stereocenters. The van der Waals surface area contributed by atoms with Crippen molar-refractivity contribution >= 4 is 23.3 Å². The van der Waals surface area contributed by atoms with E-state index >= 15 is 0 Å². The molecule has 1 aliphatic heterocycles. The molecular formula is C13H18ClN3O. The van der Waals surface area contributed by atoms with Gasteiger partial charge < -0.3 is 15.5 Å². The number of amides is 2. The van der Waals surface area contributed by atoms with Crippen molar-refractivity contribution < 1.29 is 4.79 Å². The second-order valence-electron chi connectivity index (χ2n) is 5.08. The summed E-state index contributed by atoms with van der Waals surface area (Å²) in [7, 11) is 0. The van der Waals surface area contributed by atoms with Crippen LogP contribution in [0.15, 0.2) is 24.3 Å². The second-order valence-corrected chi connectivity index (χ2v) is 5.52. The first-order valence-electron chi connectivity index (χ1n) is 6.04. The Balaban J connectivity index is 2.07. The van der Waals surface area contributed by atoms with Gasteiger partial charge in [-0.2, -0.15) is 0 Å². The van der Waals surface area contributed by atoms with Crippen LogP contribution in [0.4, 0.5) is 10.5 Å². The molecule has 1 heterocycles. The third-order valence-corrected chi connectivity index (χ3v) is 3.36. The molecule has 2 rings (SSSR count). The maximum Gasteiger partial charge on any atom is 0.322 e. The topological polar surface area (TPSA) is 44.4 Å². The molecule has 5 heteroatoms. The van der Waals surface area contributed by atoms with E-state index in [1.807, 2.05) is 17.0 Å². The minimum Gasteiger partial charge on any atom is -0.317 e. The molecule has 1 aromatic carbocycles. The SMILES string of the molecule is CC1(C)CNCCN1C(=O)Nc1cccc(Cl)c1. The highest BCUT2D eigenvalue weighted by atomic mass is 35.5. The number of rotatable bonds is 1. The molecule has 0 spiro atoms. The zero-order valence-corrected chi connectivity index (χ0v) is 11.4. The maximum absolute atomic E-state index is 12.2. The normalized spacial score (nSPS) is 18.5. The van der Waals surface area contributed by atoms with Crippen molar-refractivity contribution in [3.05, 3.63) is 29.3 Å². The quantitative estimate of drug-likeness (QED) is 0.821. The van der Waals surface area contributed by atoms with Gasteiger partial charge in [-0.3, -0.25) is 0 Å². The van der Waals surface area contributed by atoms with Gasteiger partial charge in [0.05, 0.1) is 5.54 Å². The van der Waals surface area contributed by atoms with Crippen molar-refractivity contribution in [2.45, 2.75) is 19.4 Å². The predicted octanol–water partition coefficient (Wildman–Crippen LogP) is 2.56. The first-order chi connectivity index (χ1) is 8.49. The van der Waals surface area contributed by atoms with Gasteiger partial charge in [0.1, 0.15) is 0 Å². The molecule has 1 aromatic rings. The van der Waals surface area contributed by atoms with Crippen LogP contribution in [0, 0.1) is 0 Å². The Morgan fingerprint density at radius 3 is 2.94 bits per heavy atom. The number of hydrogen-bond donors (Lipinski definition) is 2. The number of halogens is 1.